The van der Waals surface area contributed by atoms with Crippen LogP contribution < -0.4 is 5.30 Å². The van der Waals surface area contributed by atoms with E-state index in [0.717, 1.165) is 0 Å². The highest BCUT2D eigenvalue weighted by Crippen LogP contribution is 2.10. The molecule has 2 aromatic carbocycles. The topological polar surface area (TPSA) is 34.1 Å². The zero-order valence-electron chi connectivity index (χ0n) is 8.46. The molecule has 0 radical (unpaired) electrons. The van der Waals surface area contributed by atoms with Crippen molar-refractivity contribution in [3.05, 3.63) is 65.7 Å². The summed E-state index contributed by atoms with van der Waals surface area (Å²) in [6.07, 6.45) is 0. The van der Waals surface area contributed by atoms with E-state index in [-0.39, 0.29) is 14.2 Å². The Kier molecular flexibility index (Phi) is 3.23. The molecule has 3 heteroatoms. The molecule has 0 saturated heterocycles. The predicted molar refractivity (Wildman–Crippen MR) is 63.6 cm³/mol. The molecule has 0 atom stereocenters. The van der Waals surface area contributed by atoms with Gasteiger partial charge in [-0.2, -0.15) is 0 Å². The van der Waals surface area contributed by atoms with Crippen molar-refractivity contribution in [2.75, 3.05) is 0 Å². The van der Waals surface area contributed by atoms with E-state index in [9.17, 15) is 9.36 Å². The quantitative estimate of drug-likeness (QED) is 0.598. The van der Waals surface area contributed by atoms with Gasteiger partial charge in [0.15, 0.2) is 14.2 Å². The predicted octanol–water partition coefficient (Wildman–Crippen LogP) is 2.83. The molecular weight excluding hydrogens is 219 g/mol. The lowest BCUT2D eigenvalue weighted by Gasteiger charge is -2.02. The summed E-state index contributed by atoms with van der Waals surface area (Å²) in [5.74, 6) is -0.0976. The average molecular weight is 228 g/mol. The number of carbonyl (C=O) groups excluding carboxylic acids is 1. The molecule has 0 N–H and O–H groups in total. The second kappa shape index (κ2) is 4.82. The van der Waals surface area contributed by atoms with Crippen molar-refractivity contribution >= 4 is 19.5 Å². The van der Waals surface area contributed by atoms with Crippen molar-refractivity contribution in [2.24, 2.45) is 0 Å². The highest BCUT2D eigenvalue weighted by molar-refractivity contribution is 7.34. The van der Waals surface area contributed by atoms with Crippen molar-refractivity contribution in [3.8, 4) is 0 Å². The van der Waals surface area contributed by atoms with E-state index < -0.39 is 0 Å². The van der Waals surface area contributed by atoms with Crippen molar-refractivity contribution in [1.82, 2.24) is 0 Å². The van der Waals surface area contributed by atoms with E-state index in [2.05, 4.69) is 0 Å². The maximum absolute atomic E-state index is 12.1. The second-order valence-corrected chi connectivity index (χ2v) is 3.97. The molecule has 0 spiro atoms. The van der Waals surface area contributed by atoms with Crippen LogP contribution in [0.4, 0.5) is 0 Å². The Labute approximate surface area is 95.1 Å². The number of ketones is 1. The zero-order valence-corrected chi connectivity index (χ0v) is 9.35. The van der Waals surface area contributed by atoms with Gasteiger partial charge in [0.25, 0.3) is 0 Å². The lowest BCUT2D eigenvalue weighted by Crippen LogP contribution is -2.10. The van der Waals surface area contributed by atoms with E-state index >= 15 is 0 Å². The van der Waals surface area contributed by atoms with Crippen LogP contribution >= 0.6 is 8.46 Å². The van der Waals surface area contributed by atoms with Crippen LogP contribution in [-0.2, 0) is 4.57 Å². The summed E-state index contributed by atoms with van der Waals surface area (Å²) in [4.78, 5) is 12.1. The van der Waals surface area contributed by atoms with Gasteiger partial charge in [0.05, 0.1) is 5.30 Å². The molecule has 0 unspecified atom stereocenters. The molecule has 2 nitrogen and oxygen atoms in total. The Morgan fingerprint density at radius 3 is 2.19 bits per heavy atom. The Balaban J connectivity index is 2.46. The van der Waals surface area contributed by atoms with Crippen molar-refractivity contribution in [3.63, 3.8) is 0 Å². The molecule has 0 saturated carbocycles. The first-order chi connectivity index (χ1) is 7.83. The SMILES string of the molecule is O=Pc1ccccc1C(=O)c1ccccc1. The maximum Gasteiger partial charge on any atom is 0.194 e. The van der Waals surface area contributed by atoms with Gasteiger partial charge < -0.3 is 0 Å². The first kappa shape index (κ1) is 10.7. The fraction of sp³-hybridized carbons (Fsp3) is 0. The van der Waals surface area contributed by atoms with E-state index in [1.807, 2.05) is 18.2 Å². The summed E-state index contributed by atoms with van der Waals surface area (Å²) < 4.78 is 10.9. The minimum absolute atomic E-state index is 0.0976. The van der Waals surface area contributed by atoms with Crippen molar-refractivity contribution < 1.29 is 9.36 Å². The van der Waals surface area contributed by atoms with E-state index in [4.69, 9.17) is 0 Å². The molecule has 0 aliphatic heterocycles. The number of benzene rings is 2. The van der Waals surface area contributed by atoms with Crippen LogP contribution in [0.25, 0.3) is 0 Å². The number of rotatable bonds is 3. The lowest BCUT2D eigenvalue weighted by molar-refractivity contribution is 0.104. The van der Waals surface area contributed by atoms with Crippen LogP contribution in [-0.4, -0.2) is 5.78 Å². The third-order valence-electron chi connectivity index (χ3n) is 2.28. The van der Waals surface area contributed by atoms with E-state index in [1.54, 1.807) is 36.4 Å². The smallest absolute Gasteiger partial charge is 0.194 e. The van der Waals surface area contributed by atoms with Gasteiger partial charge in [-0.25, -0.2) is 0 Å². The van der Waals surface area contributed by atoms with Gasteiger partial charge >= 0.3 is 0 Å². The van der Waals surface area contributed by atoms with E-state index in [0.29, 0.717) is 16.4 Å². The highest BCUT2D eigenvalue weighted by atomic mass is 31.1. The molecule has 2 aromatic rings. The molecule has 78 valence electrons. The van der Waals surface area contributed by atoms with Gasteiger partial charge in [0, 0.05) is 11.1 Å². The molecule has 0 fully saturated rings. The summed E-state index contributed by atoms with van der Waals surface area (Å²) in [7, 11) is -0.128. The van der Waals surface area contributed by atoms with Crippen LogP contribution in [0, 0.1) is 0 Å². The van der Waals surface area contributed by atoms with Crippen LogP contribution in [0.15, 0.2) is 54.6 Å². The van der Waals surface area contributed by atoms with Gasteiger partial charge in [0.1, 0.15) is 0 Å². The number of hydrogen-bond acceptors (Lipinski definition) is 2. The molecule has 0 aliphatic carbocycles. The first-order valence-electron chi connectivity index (χ1n) is 4.85. The highest BCUT2D eigenvalue weighted by Gasteiger charge is 2.12. The molecule has 0 amide bonds. The summed E-state index contributed by atoms with van der Waals surface area (Å²) in [6, 6.07) is 15.9. The molecule has 0 aromatic heterocycles. The Morgan fingerprint density at radius 2 is 1.50 bits per heavy atom. The monoisotopic (exact) mass is 228 g/mol. The lowest BCUT2D eigenvalue weighted by atomic mass is 10.0. The molecule has 16 heavy (non-hydrogen) atoms. The van der Waals surface area contributed by atoms with Crippen molar-refractivity contribution in [2.45, 2.75) is 0 Å². The van der Waals surface area contributed by atoms with E-state index in [1.165, 1.54) is 0 Å². The molecule has 0 aliphatic rings. The van der Waals surface area contributed by atoms with Gasteiger partial charge in [0.2, 0.25) is 0 Å². The van der Waals surface area contributed by atoms with Crippen LogP contribution in [0.3, 0.4) is 0 Å². The largest absolute Gasteiger partial charge is 0.289 e. The van der Waals surface area contributed by atoms with Crippen molar-refractivity contribution in [1.29, 1.82) is 0 Å². The third-order valence-corrected chi connectivity index (χ3v) is 2.87. The number of hydrogen-bond donors (Lipinski definition) is 0. The standard InChI is InChI=1S/C13H9O2P/c14-13(10-6-2-1-3-7-10)11-8-4-5-9-12(11)16-15/h1-9H. The Morgan fingerprint density at radius 1 is 0.875 bits per heavy atom. The van der Waals surface area contributed by atoms with Crippen LogP contribution in [0.2, 0.25) is 0 Å². The minimum Gasteiger partial charge on any atom is -0.289 e. The first-order valence-corrected chi connectivity index (χ1v) is 5.66. The van der Waals surface area contributed by atoms with Gasteiger partial charge in [-0.05, 0) is 12.1 Å². The molecule has 2 rings (SSSR count). The van der Waals surface area contributed by atoms with Gasteiger partial charge in [-0.1, -0.05) is 42.5 Å². The Bertz CT molecular complexity index is 520. The van der Waals surface area contributed by atoms with Gasteiger partial charge in [-0.3, -0.25) is 9.36 Å². The summed E-state index contributed by atoms with van der Waals surface area (Å²) in [5, 5.41) is 0.524. The third kappa shape index (κ3) is 2.07. The van der Waals surface area contributed by atoms with Crippen LogP contribution in [0.5, 0.6) is 0 Å². The Hall–Kier alpha value is -1.79. The molecule has 0 bridgehead atoms. The van der Waals surface area contributed by atoms with Crippen LogP contribution in [0.1, 0.15) is 15.9 Å². The maximum atomic E-state index is 12.1. The summed E-state index contributed by atoms with van der Waals surface area (Å²) in [5.41, 5.74) is 1.10. The summed E-state index contributed by atoms with van der Waals surface area (Å²) in [6.45, 7) is 0. The molecular formula is C13H9O2P. The minimum atomic E-state index is -0.128. The number of carbonyl (C=O) groups is 1. The molecule has 0 heterocycles. The second-order valence-electron chi connectivity index (χ2n) is 3.30. The fourth-order valence-electron chi connectivity index (χ4n) is 1.49. The normalized spacial score (nSPS) is 10.2. The average Bonchev–Trinajstić information content (AvgIpc) is 2.39. The zero-order chi connectivity index (χ0) is 11.4. The van der Waals surface area contributed by atoms with Gasteiger partial charge in [-0.15, -0.1) is 0 Å². The summed E-state index contributed by atoms with van der Waals surface area (Å²) >= 11 is 0. The fourth-order valence-corrected chi connectivity index (χ4v) is 1.91.